The van der Waals surface area contributed by atoms with E-state index in [1.54, 1.807) is 6.07 Å². The highest BCUT2D eigenvalue weighted by Crippen LogP contribution is 2.49. The number of phenolic OH excluding ortho intramolecular Hbond substituents is 1. The van der Waals surface area contributed by atoms with Crippen LogP contribution in [0.25, 0.3) is 0 Å². The van der Waals surface area contributed by atoms with Crippen LogP contribution in [0.4, 0.5) is 0 Å². The van der Waals surface area contributed by atoms with Crippen molar-refractivity contribution in [2.75, 3.05) is 13.1 Å². The van der Waals surface area contributed by atoms with Gasteiger partial charge >= 0.3 is 0 Å². The van der Waals surface area contributed by atoms with Crippen molar-refractivity contribution in [3.63, 3.8) is 0 Å². The summed E-state index contributed by atoms with van der Waals surface area (Å²) in [5, 5.41) is 9.94. The molecule has 0 spiro atoms. The summed E-state index contributed by atoms with van der Waals surface area (Å²) in [6, 6.07) is 19.6. The van der Waals surface area contributed by atoms with E-state index in [1.807, 2.05) is 12.1 Å². The van der Waals surface area contributed by atoms with Gasteiger partial charge in [-0.1, -0.05) is 49.4 Å². The van der Waals surface area contributed by atoms with E-state index in [4.69, 9.17) is 0 Å². The van der Waals surface area contributed by atoms with E-state index < -0.39 is 0 Å². The molecule has 2 fully saturated rings. The van der Waals surface area contributed by atoms with Crippen LogP contribution in [0.3, 0.4) is 0 Å². The number of hydrogen-bond acceptors (Lipinski definition) is 2. The van der Waals surface area contributed by atoms with Crippen LogP contribution in [0.2, 0.25) is 0 Å². The Morgan fingerprint density at radius 1 is 1.08 bits per heavy atom. The quantitative estimate of drug-likeness (QED) is 0.870. The molecule has 2 aromatic carbocycles. The third kappa shape index (κ3) is 3.32. The summed E-state index contributed by atoms with van der Waals surface area (Å²) in [7, 11) is 0. The second-order valence-electron chi connectivity index (χ2n) is 8.14. The molecule has 25 heavy (non-hydrogen) atoms. The summed E-state index contributed by atoms with van der Waals surface area (Å²) in [5.74, 6) is 1.18. The van der Waals surface area contributed by atoms with Crippen LogP contribution in [0, 0.1) is 5.92 Å². The molecule has 2 bridgehead atoms. The van der Waals surface area contributed by atoms with E-state index in [-0.39, 0.29) is 5.41 Å². The molecule has 2 aromatic rings. The van der Waals surface area contributed by atoms with Gasteiger partial charge < -0.3 is 5.11 Å². The van der Waals surface area contributed by atoms with Crippen LogP contribution in [0.15, 0.2) is 54.6 Å². The zero-order valence-electron chi connectivity index (χ0n) is 15.2. The van der Waals surface area contributed by atoms with Gasteiger partial charge in [-0.05, 0) is 73.2 Å². The first-order chi connectivity index (χ1) is 12.2. The highest BCUT2D eigenvalue weighted by atomic mass is 16.3. The molecule has 1 saturated carbocycles. The number of piperidine rings is 1. The first-order valence-electron chi connectivity index (χ1n) is 9.74. The summed E-state index contributed by atoms with van der Waals surface area (Å²) in [6.07, 6.45) is 6.16. The van der Waals surface area contributed by atoms with Crippen LogP contribution >= 0.6 is 0 Å². The van der Waals surface area contributed by atoms with Crippen LogP contribution in [0.1, 0.15) is 43.7 Å². The van der Waals surface area contributed by atoms with E-state index >= 15 is 0 Å². The number of fused-ring (bicyclic) bond motifs is 2. The van der Waals surface area contributed by atoms with E-state index in [2.05, 4.69) is 48.2 Å². The van der Waals surface area contributed by atoms with Gasteiger partial charge in [0.1, 0.15) is 5.75 Å². The number of rotatable bonds is 4. The minimum Gasteiger partial charge on any atom is -0.508 e. The summed E-state index contributed by atoms with van der Waals surface area (Å²) in [4.78, 5) is 2.73. The van der Waals surface area contributed by atoms with Gasteiger partial charge in [0.05, 0.1) is 0 Å². The molecule has 1 saturated heterocycles. The standard InChI is InChI=1S/C23H29NO/c1-18-10-12-23(20-8-5-9-21(25)16-20)13-15-24(22(18)17-23)14-11-19-6-3-2-4-7-19/h2-9,16,18,22,25H,10-15,17H2,1H3/t18-,22+,23+/m0/s1. The van der Waals surface area contributed by atoms with Gasteiger partial charge in [0.15, 0.2) is 0 Å². The lowest BCUT2D eigenvalue weighted by Crippen LogP contribution is -2.55. The molecule has 0 aromatic heterocycles. The molecule has 2 nitrogen and oxygen atoms in total. The minimum atomic E-state index is 0.277. The van der Waals surface area contributed by atoms with Gasteiger partial charge in [0, 0.05) is 12.6 Å². The maximum absolute atomic E-state index is 9.94. The van der Waals surface area contributed by atoms with Crippen LogP contribution in [-0.2, 0) is 11.8 Å². The largest absolute Gasteiger partial charge is 0.508 e. The topological polar surface area (TPSA) is 23.5 Å². The van der Waals surface area contributed by atoms with Crippen molar-refractivity contribution in [1.82, 2.24) is 4.90 Å². The van der Waals surface area contributed by atoms with Crippen LogP contribution in [0.5, 0.6) is 5.75 Å². The Bertz CT molecular complexity index is 713. The molecule has 1 aliphatic heterocycles. The summed E-state index contributed by atoms with van der Waals surface area (Å²) >= 11 is 0. The van der Waals surface area contributed by atoms with Crippen molar-refractivity contribution in [2.24, 2.45) is 5.92 Å². The Morgan fingerprint density at radius 2 is 1.92 bits per heavy atom. The maximum Gasteiger partial charge on any atom is 0.115 e. The third-order valence-electron chi connectivity index (χ3n) is 6.67. The number of benzene rings is 2. The maximum atomic E-state index is 9.94. The number of aromatic hydroxyl groups is 1. The summed E-state index contributed by atoms with van der Waals surface area (Å²) < 4.78 is 0. The highest BCUT2D eigenvalue weighted by Gasteiger charge is 2.46. The second-order valence-corrected chi connectivity index (χ2v) is 8.14. The zero-order valence-corrected chi connectivity index (χ0v) is 15.2. The van der Waals surface area contributed by atoms with E-state index in [0.717, 1.165) is 18.9 Å². The molecule has 0 radical (unpaired) electrons. The number of nitrogens with zero attached hydrogens (tertiary/aromatic N) is 1. The van der Waals surface area contributed by atoms with Crippen molar-refractivity contribution < 1.29 is 5.11 Å². The first kappa shape index (κ1) is 16.7. The fourth-order valence-corrected chi connectivity index (χ4v) is 5.08. The predicted octanol–water partition coefficient (Wildman–Crippen LogP) is 4.77. The molecular formula is C23H29NO. The van der Waals surface area contributed by atoms with Crippen molar-refractivity contribution in [2.45, 2.75) is 50.5 Å². The summed E-state index contributed by atoms with van der Waals surface area (Å²) in [6.45, 7) is 4.77. The Kier molecular flexibility index (Phi) is 4.56. The molecule has 1 heterocycles. The fraction of sp³-hybridized carbons (Fsp3) is 0.478. The van der Waals surface area contributed by atoms with Gasteiger partial charge in [-0.25, -0.2) is 0 Å². The first-order valence-corrected chi connectivity index (χ1v) is 9.74. The van der Waals surface area contributed by atoms with Gasteiger partial charge in [0.2, 0.25) is 0 Å². The molecule has 132 valence electrons. The van der Waals surface area contributed by atoms with E-state index in [0.29, 0.717) is 11.8 Å². The molecule has 0 unspecified atom stereocenters. The smallest absolute Gasteiger partial charge is 0.115 e. The van der Waals surface area contributed by atoms with Gasteiger partial charge in [0.25, 0.3) is 0 Å². The Hall–Kier alpha value is -1.80. The van der Waals surface area contributed by atoms with Crippen molar-refractivity contribution in [3.05, 3.63) is 65.7 Å². The van der Waals surface area contributed by atoms with E-state index in [1.165, 1.54) is 43.4 Å². The number of likely N-dealkylation sites (tertiary alicyclic amines) is 1. The SMILES string of the molecule is C[C@H]1CC[C@@]2(c3cccc(O)c3)CCN(CCc3ccccc3)[C@@H]1C2. The number of hydrogen-bond donors (Lipinski definition) is 1. The Morgan fingerprint density at radius 3 is 2.72 bits per heavy atom. The summed E-state index contributed by atoms with van der Waals surface area (Å²) in [5.41, 5.74) is 3.07. The lowest BCUT2D eigenvalue weighted by molar-refractivity contribution is 0.0183. The average Bonchev–Trinajstić information content (AvgIpc) is 2.65. The van der Waals surface area contributed by atoms with Crippen molar-refractivity contribution >= 4 is 0 Å². The average molecular weight is 335 g/mol. The van der Waals surface area contributed by atoms with Crippen LogP contribution < -0.4 is 0 Å². The van der Waals surface area contributed by atoms with Gasteiger partial charge in [-0.2, -0.15) is 0 Å². The molecule has 2 aliphatic rings. The molecule has 1 aliphatic carbocycles. The Labute approximate surface area is 151 Å². The van der Waals surface area contributed by atoms with Crippen LogP contribution in [-0.4, -0.2) is 29.1 Å². The number of phenols is 1. The minimum absolute atomic E-state index is 0.277. The van der Waals surface area contributed by atoms with Gasteiger partial charge in [-0.3, -0.25) is 4.90 Å². The molecule has 2 heteroatoms. The molecule has 3 atom stereocenters. The molecular weight excluding hydrogens is 306 g/mol. The monoisotopic (exact) mass is 335 g/mol. The zero-order chi connectivity index (χ0) is 17.3. The Balaban J connectivity index is 1.50. The normalized spacial score (nSPS) is 29.5. The van der Waals surface area contributed by atoms with Crippen molar-refractivity contribution in [1.29, 1.82) is 0 Å². The van der Waals surface area contributed by atoms with E-state index in [9.17, 15) is 5.11 Å². The van der Waals surface area contributed by atoms with Gasteiger partial charge in [-0.15, -0.1) is 0 Å². The second kappa shape index (κ2) is 6.84. The van der Waals surface area contributed by atoms with Crippen molar-refractivity contribution in [3.8, 4) is 5.75 Å². The lowest BCUT2D eigenvalue weighted by Gasteiger charge is -2.53. The third-order valence-corrected chi connectivity index (χ3v) is 6.67. The highest BCUT2D eigenvalue weighted by molar-refractivity contribution is 5.34. The molecule has 1 N–H and O–H groups in total. The predicted molar refractivity (Wildman–Crippen MR) is 103 cm³/mol. The molecule has 4 rings (SSSR count). The fourth-order valence-electron chi connectivity index (χ4n) is 5.08. The molecule has 0 amide bonds. The lowest BCUT2D eigenvalue weighted by atomic mass is 9.61.